The van der Waals surface area contributed by atoms with Gasteiger partial charge in [0.05, 0.1) is 23.6 Å². The molecule has 3 heterocycles. The molecule has 2 saturated heterocycles. The van der Waals surface area contributed by atoms with Crippen LogP contribution in [0.3, 0.4) is 0 Å². The van der Waals surface area contributed by atoms with Crippen LogP contribution in [0, 0.1) is 23.7 Å². The van der Waals surface area contributed by atoms with Crippen LogP contribution in [-0.2, 0) is 76.6 Å². The first-order valence-electron chi connectivity index (χ1n) is 37.5. The molecule has 5 fully saturated rings. The van der Waals surface area contributed by atoms with E-state index in [9.17, 15) is 46.7 Å². The third-order valence-corrected chi connectivity index (χ3v) is 23.2. The number of alkyl halides is 3. The van der Waals surface area contributed by atoms with E-state index in [1.807, 2.05) is 20.8 Å². The van der Waals surface area contributed by atoms with E-state index in [4.69, 9.17) is 11.6 Å². The van der Waals surface area contributed by atoms with E-state index in [2.05, 4.69) is 20.9 Å². The molecular formula is C76H113ClF3N13O12. The first-order valence-corrected chi connectivity index (χ1v) is 37.8. The van der Waals surface area contributed by atoms with Crippen LogP contribution in [0.5, 0.6) is 0 Å². The van der Waals surface area contributed by atoms with Crippen molar-refractivity contribution in [1.82, 2.24) is 65.0 Å². The van der Waals surface area contributed by atoms with Gasteiger partial charge in [-0.15, -0.1) is 0 Å². The molecule has 1 aromatic heterocycles. The Hall–Kier alpha value is -7.91. The van der Waals surface area contributed by atoms with Gasteiger partial charge >= 0.3 is 6.18 Å². The molecule has 5 aliphatic rings. The second-order valence-electron chi connectivity index (χ2n) is 30.8. The first kappa shape index (κ1) is 84.4. The predicted molar refractivity (Wildman–Crippen MR) is 389 cm³/mol. The fourth-order valence-corrected chi connectivity index (χ4v) is 16.1. The Balaban J connectivity index is 1.33. The number of fused-ring (bicyclic) bond motifs is 1. The molecular weight excluding hydrogens is 1380 g/mol. The molecule has 2 aromatic rings. The fourth-order valence-electron chi connectivity index (χ4n) is 15.8. The lowest BCUT2D eigenvalue weighted by molar-refractivity contribution is -0.160. The van der Waals surface area contributed by atoms with Gasteiger partial charge in [-0.3, -0.25) is 62.5 Å². The van der Waals surface area contributed by atoms with Crippen molar-refractivity contribution in [3.8, 4) is 0 Å². The Bertz CT molecular complexity index is 3440. The smallest absolute Gasteiger partial charge is 0.347 e. The molecule has 3 aliphatic carbocycles. The zero-order valence-electron chi connectivity index (χ0n) is 63.9. The SMILES string of the molecule is CC[C@H](C)[C@@H]1NC(=O)[C@H](CC(C)C)N(C)C(=O)C[C@@H](C(=O)N(C)C)N(C)C(=O)[C@H](C2CCCC2)N(C)C(=O)C2(CCCC2)NC(=O)[C@H](CCc2cccnc2)N(C)C(=O)[C@H](CCc2ccc(C(F)(F)F)c(Cl)c2)NC(=O)CN(C)C(=O)[C@H](CC2CCCCC2)N(C)C(=O)C2CCN2C(=O)[C@H](C)N(C)C1=O. The summed E-state index contributed by atoms with van der Waals surface area (Å²) in [5.74, 6) is -9.19. The van der Waals surface area contributed by atoms with Crippen molar-refractivity contribution in [2.45, 2.75) is 242 Å². The van der Waals surface area contributed by atoms with Crippen molar-refractivity contribution >= 4 is 82.5 Å². The summed E-state index contributed by atoms with van der Waals surface area (Å²) in [6.45, 7) is 8.32. The number of rotatable bonds is 14. The highest BCUT2D eigenvalue weighted by Crippen LogP contribution is 2.39. The number of nitrogens with zero attached hydrogens (tertiary/aromatic N) is 10. The molecule has 29 heteroatoms. The van der Waals surface area contributed by atoms with Gasteiger partial charge in [0.2, 0.25) is 70.9 Å². The van der Waals surface area contributed by atoms with Crippen molar-refractivity contribution in [2.75, 3.05) is 76.5 Å². The van der Waals surface area contributed by atoms with Crippen LogP contribution in [0.1, 0.15) is 180 Å². The van der Waals surface area contributed by atoms with Gasteiger partial charge < -0.3 is 60.0 Å². The number of likely N-dealkylation sites (N-methyl/N-ethyl adjacent to an activating group) is 8. The maximum atomic E-state index is 15.8. The Morgan fingerprint density at radius 2 is 1.30 bits per heavy atom. The number of carbonyl (C=O) groups is 12. The van der Waals surface area contributed by atoms with Crippen molar-refractivity contribution < 1.29 is 70.7 Å². The largest absolute Gasteiger partial charge is 0.417 e. The van der Waals surface area contributed by atoms with Crippen LogP contribution >= 0.6 is 11.6 Å². The second kappa shape index (κ2) is 37.1. The number of amides is 12. The zero-order chi connectivity index (χ0) is 77.7. The van der Waals surface area contributed by atoms with Crippen molar-refractivity contribution in [3.05, 3.63) is 64.4 Å². The van der Waals surface area contributed by atoms with Gasteiger partial charge in [0.15, 0.2) is 0 Å². The summed E-state index contributed by atoms with van der Waals surface area (Å²) in [5.41, 5.74) is -1.78. The number of hydrogen-bond acceptors (Lipinski definition) is 13. The molecule has 105 heavy (non-hydrogen) atoms. The normalized spacial score (nSPS) is 26.5. The molecule has 12 amide bonds. The van der Waals surface area contributed by atoms with E-state index in [0.29, 0.717) is 50.5 Å². The molecule has 7 rings (SSSR count). The molecule has 10 atom stereocenters. The van der Waals surface area contributed by atoms with Gasteiger partial charge in [0.25, 0.3) is 0 Å². The highest BCUT2D eigenvalue weighted by Gasteiger charge is 2.52. The van der Waals surface area contributed by atoms with E-state index < -0.39 is 172 Å². The van der Waals surface area contributed by atoms with E-state index in [1.165, 1.54) is 111 Å². The summed E-state index contributed by atoms with van der Waals surface area (Å²) < 4.78 is 42.0. The zero-order valence-corrected chi connectivity index (χ0v) is 64.7. The summed E-state index contributed by atoms with van der Waals surface area (Å²) in [5, 5.41) is 8.19. The van der Waals surface area contributed by atoms with Gasteiger partial charge in [0, 0.05) is 82.4 Å². The number of aromatic nitrogens is 1. The Morgan fingerprint density at radius 3 is 1.88 bits per heavy atom. The molecule has 3 saturated carbocycles. The van der Waals surface area contributed by atoms with Crippen molar-refractivity contribution in [3.63, 3.8) is 0 Å². The number of pyridine rings is 1. The van der Waals surface area contributed by atoms with Gasteiger partial charge in [0.1, 0.15) is 59.9 Å². The van der Waals surface area contributed by atoms with Crippen LogP contribution in [0.25, 0.3) is 0 Å². The average Bonchev–Trinajstić information content (AvgIpc) is 1.70. The minimum absolute atomic E-state index is 0.00333. The topological polar surface area (TPSA) is 283 Å². The summed E-state index contributed by atoms with van der Waals surface area (Å²) in [7, 11) is 12.9. The van der Waals surface area contributed by atoms with Crippen LogP contribution in [-0.4, -0.2) is 256 Å². The lowest BCUT2D eigenvalue weighted by Gasteiger charge is -2.45. The Morgan fingerprint density at radius 1 is 0.676 bits per heavy atom. The van der Waals surface area contributed by atoms with Gasteiger partial charge in [-0.1, -0.05) is 116 Å². The summed E-state index contributed by atoms with van der Waals surface area (Å²) >= 11 is 6.21. The first-order chi connectivity index (χ1) is 49.4. The van der Waals surface area contributed by atoms with E-state index in [0.717, 1.165) is 54.0 Å². The molecule has 25 nitrogen and oxygen atoms in total. The van der Waals surface area contributed by atoms with Gasteiger partial charge in [-0.2, -0.15) is 13.2 Å². The standard InChI is InChI=1S/C76H113ClF3N13O12/c1-15-47(4)63-72(103)87(9)48(5)67(98)93-39-35-57(93)71(102)90(12)59(42-49-24-17-16-18-25-49)70(101)86(8)45-61(94)82-55(33-30-50-29-32-53(54(77)41-50)76(78,79)80)68(99)89(11)56(34-31-51-26-23-38-81-44-51)66(97)84-75(36-21-22-37-75)74(105)92(14)64(52-27-19-20-28-52)73(104)91(13)60(69(100)85(6)7)43-62(95)88(10)58(40-46(2)3)65(96)83-63/h23,26,29,32,38,41,44,46-49,52,55-60,63-64H,15-22,24-25,27-28,30-31,33-37,39-40,42-43,45H2,1-14H3,(H,82,94)(H,83,96)(H,84,97)/t47-,48-,55-,56-,57?,58-,59-,60-,63-,64-/m0/s1. The third-order valence-electron chi connectivity index (χ3n) is 22.9. The number of benzene rings is 1. The number of nitrogens with one attached hydrogen (secondary N) is 3. The summed E-state index contributed by atoms with van der Waals surface area (Å²) in [4.78, 5) is 197. The van der Waals surface area contributed by atoms with Crippen LogP contribution in [0.2, 0.25) is 5.02 Å². The van der Waals surface area contributed by atoms with Gasteiger partial charge in [-0.05, 0) is 131 Å². The quantitative estimate of drug-likeness (QED) is 0.182. The Kier molecular flexibility index (Phi) is 29.8. The predicted octanol–water partition coefficient (Wildman–Crippen LogP) is 6.50. The fraction of sp³-hybridized carbons (Fsp3) is 0.697. The number of hydrogen-bond donors (Lipinski definition) is 3. The summed E-state index contributed by atoms with van der Waals surface area (Å²) in [6.07, 6.45) is 6.40. The molecule has 1 aromatic carbocycles. The minimum atomic E-state index is -4.78. The second-order valence-corrected chi connectivity index (χ2v) is 31.2. The molecule has 1 spiro atoms. The molecule has 582 valence electrons. The average molecular weight is 1490 g/mol. The monoisotopic (exact) mass is 1490 g/mol. The molecule has 3 N–H and O–H groups in total. The van der Waals surface area contributed by atoms with Crippen LogP contribution < -0.4 is 16.0 Å². The minimum Gasteiger partial charge on any atom is -0.347 e. The number of carbonyl (C=O) groups excluding carboxylic acids is 12. The van der Waals surface area contributed by atoms with E-state index in [1.54, 1.807) is 31.5 Å². The lowest BCUT2D eigenvalue weighted by atomic mass is 9.84. The van der Waals surface area contributed by atoms with Crippen molar-refractivity contribution in [2.24, 2.45) is 23.7 Å². The van der Waals surface area contributed by atoms with Gasteiger partial charge in [-0.25, -0.2) is 0 Å². The third kappa shape index (κ3) is 20.6. The lowest BCUT2D eigenvalue weighted by Crippen LogP contribution is -2.65. The van der Waals surface area contributed by atoms with Crippen LogP contribution in [0.4, 0.5) is 13.2 Å². The maximum Gasteiger partial charge on any atom is 0.417 e. The Labute approximate surface area is 622 Å². The molecule has 1 unspecified atom stereocenters. The number of halogens is 4. The maximum absolute atomic E-state index is 15.8. The highest BCUT2D eigenvalue weighted by molar-refractivity contribution is 6.31. The molecule has 0 bridgehead atoms. The summed E-state index contributed by atoms with van der Waals surface area (Å²) in [6, 6.07) is -4.77. The number of aryl methyl sites for hydroxylation is 2. The van der Waals surface area contributed by atoms with Crippen molar-refractivity contribution in [1.29, 1.82) is 0 Å². The van der Waals surface area contributed by atoms with E-state index in [-0.39, 0.29) is 81.7 Å². The molecule has 2 aliphatic heterocycles. The van der Waals surface area contributed by atoms with Crippen LogP contribution in [0.15, 0.2) is 42.7 Å². The van der Waals surface area contributed by atoms with E-state index >= 15 is 24.0 Å². The highest BCUT2D eigenvalue weighted by atomic mass is 35.5. The molecule has 0 radical (unpaired) electrons.